The van der Waals surface area contributed by atoms with E-state index >= 15 is 0 Å². The molecule has 12 heavy (non-hydrogen) atoms. The Morgan fingerprint density at radius 3 is 3.25 bits per heavy atom. The molecule has 0 N–H and O–H groups in total. The van der Waals surface area contributed by atoms with E-state index in [-0.39, 0.29) is 6.23 Å². The first-order valence-electron chi connectivity index (χ1n) is 4.21. The van der Waals surface area contributed by atoms with Crippen LogP contribution in [0.3, 0.4) is 0 Å². The van der Waals surface area contributed by atoms with Gasteiger partial charge in [0, 0.05) is 12.7 Å². The maximum atomic E-state index is 5.46. The average Bonchev–Trinajstić information content (AvgIpc) is 2.44. The first-order valence-corrected chi connectivity index (χ1v) is 4.21. The molecule has 0 aromatic rings. The molecule has 2 rings (SSSR count). The van der Waals surface area contributed by atoms with E-state index in [1.165, 1.54) is 0 Å². The first-order chi connectivity index (χ1) is 5.81. The second kappa shape index (κ2) is 2.66. The van der Waals surface area contributed by atoms with Gasteiger partial charge in [-0.1, -0.05) is 0 Å². The third kappa shape index (κ3) is 1.02. The zero-order valence-corrected chi connectivity index (χ0v) is 7.32. The third-order valence-electron chi connectivity index (χ3n) is 1.95. The Kier molecular flexibility index (Phi) is 1.64. The van der Waals surface area contributed by atoms with Crippen LogP contribution in [0.4, 0.5) is 0 Å². The molecular formula is C9H12N2O. The lowest BCUT2D eigenvalue weighted by Crippen LogP contribution is -2.27. The highest BCUT2D eigenvalue weighted by molar-refractivity contribution is 5.99. The number of fused-ring (bicyclic) bond motifs is 1. The van der Waals surface area contributed by atoms with Crippen LogP contribution in [0.15, 0.2) is 29.1 Å². The average molecular weight is 164 g/mol. The smallest absolute Gasteiger partial charge is 0.189 e. The van der Waals surface area contributed by atoms with Gasteiger partial charge in [-0.15, -0.1) is 0 Å². The van der Waals surface area contributed by atoms with Crippen molar-refractivity contribution in [2.24, 2.45) is 4.99 Å². The fourth-order valence-corrected chi connectivity index (χ4v) is 1.39. The van der Waals surface area contributed by atoms with Crippen LogP contribution in [0.1, 0.15) is 13.8 Å². The molecular weight excluding hydrogens is 152 g/mol. The number of ether oxygens (including phenoxy) is 1. The zero-order chi connectivity index (χ0) is 8.55. The minimum absolute atomic E-state index is 0.0276. The SMILES string of the molecule is CCN1C=CC=C2OC(C)N=C21. The molecule has 0 saturated carbocycles. The molecule has 0 aliphatic carbocycles. The van der Waals surface area contributed by atoms with Gasteiger partial charge in [0.25, 0.3) is 0 Å². The molecule has 1 atom stereocenters. The van der Waals surface area contributed by atoms with Crippen molar-refractivity contribution in [3.05, 3.63) is 24.1 Å². The number of nitrogens with zero attached hydrogens (tertiary/aromatic N) is 2. The molecule has 0 spiro atoms. The van der Waals surface area contributed by atoms with E-state index in [2.05, 4.69) is 16.8 Å². The largest absolute Gasteiger partial charge is 0.465 e. The summed E-state index contributed by atoms with van der Waals surface area (Å²) >= 11 is 0. The standard InChI is InChI=1S/C9H12N2O/c1-3-11-6-4-5-8-9(11)10-7(2)12-8/h4-7H,3H2,1-2H3. The summed E-state index contributed by atoms with van der Waals surface area (Å²) < 4.78 is 5.46. The van der Waals surface area contributed by atoms with E-state index < -0.39 is 0 Å². The molecule has 0 amide bonds. The van der Waals surface area contributed by atoms with Gasteiger partial charge in [-0.3, -0.25) is 0 Å². The van der Waals surface area contributed by atoms with Crippen molar-refractivity contribution in [1.82, 2.24) is 4.90 Å². The fraction of sp³-hybridized carbons (Fsp3) is 0.444. The highest BCUT2D eigenvalue weighted by Gasteiger charge is 2.24. The Morgan fingerprint density at radius 1 is 1.67 bits per heavy atom. The van der Waals surface area contributed by atoms with Crippen LogP contribution in [-0.2, 0) is 4.74 Å². The summed E-state index contributed by atoms with van der Waals surface area (Å²) in [4.78, 5) is 6.45. The molecule has 2 aliphatic heterocycles. The first kappa shape index (κ1) is 7.40. The van der Waals surface area contributed by atoms with Crippen LogP contribution >= 0.6 is 0 Å². The number of allylic oxidation sites excluding steroid dienone is 2. The highest BCUT2D eigenvalue weighted by Crippen LogP contribution is 2.21. The molecule has 0 radical (unpaired) electrons. The molecule has 0 aromatic carbocycles. The molecule has 0 fully saturated rings. The van der Waals surface area contributed by atoms with E-state index in [9.17, 15) is 0 Å². The lowest BCUT2D eigenvalue weighted by Gasteiger charge is -2.19. The lowest BCUT2D eigenvalue weighted by atomic mass is 10.3. The maximum absolute atomic E-state index is 5.46. The molecule has 2 heterocycles. The van der Waals surface area contributed by atoms with Crippen LogP contribution in [0, 0.1) is 0 Å². The molecule has 0 bridgehead atoms. The summed E-state index contributed by atoms with van der Waals surface area (Å²) in [5.41, 5.74) is 0. The summed E-state index contributed by atoms with van der Waals surface area (Å²) in [5.74, 6) is 1.86. The second-order valence-corrected chi connectivity index (χ2v) is 2.83. The van der Waals surface area contributed by atoms with Crippen LogP contribution in [0.25, 0.3) is 0 Å². The van der Waals surface area contributed by atoms with Crippen molar-refractivity contribution in [3.8, 4) is 0 Å². The van der Waals surface area contributed by atoms with E-state index in [1.807, 2.05) is 25.3 Å². The van der Waals surface area contributed by atoms with Gasteiger partial charge in [0.2, 0.25) is 0 Å². The third-order valence-corrected chi connectivity index (χ3v) is 1.95. The van der Waals surface area contributed by atoms with Crippen LogP contribution in [-0.4, -0.2) is 23.5 Å². The summed E-state index contributed by atoms with van der Waals surface area (Å²) in [6.07, 6.45) is 5.92. The van der Waals surface area contributed by atoms with E-state index in [0.29, 0.717) is 0 Å². The molecule has 0 aromatic heterocycles. The van der Waals surface area contributed by atoms with Gasteiger partial charge in [-0.2, -0.15) is 0 Å². The quantitative estimate of drug-likeness (QED) is 0.586. The predicted molar refractivity (Wildman–Crippen MR) is 47.6 cm³/mol. The van der Waals surface area contributed by atoms with Gasteiger partial charge in [-0.25, -0.2) is 4.99 Å². The van der Waals surface area contributed by atoms with Crippen molar-refractivity contribution >= 4 is 5.84 Å². The lowest BCUT2D eigenvalue weighted by molar-refractivity contribution is 0.172. The molecule has 0 saturated heterocycles. The number of amidine groups is 1. The van der Waals surface area contributed by atoms with Crippen LogP contribution in [0.5, 0.6) is 0 Å². The van der Waals surface area contributed by atoms with Crippen molar-refractivity contribution < 1.29 is 4.74 Å². The number of hydrogen-bond donors (Lipinski definition) is 0. The Hall–Kier alpha value is -1.25. The van der Waals surface area contributed by atoms with Gasteiger partial charge >= 0.3 is 0 Å². The maximum Gasteiger partial charge on any atom is 0.189 e. The van der Waals surface area contributed by atoms with Gasteiger partial charge in [0.1, 0.15) is 0 Å². The van der Waals surface area contributed by atoms with E-state index in [1.54, 1.807) is 0 Å². The Labute approximate surface area is 72.0 Å². The summed E-state index contributed by atoms with van der Waals surface area (Å²) in [7, 11) is 0. The van der Waals surface area contributed by atoms with Gasteiger partial charge in [0.15, 0.2) is 17.8 Å². The summed E-state index contributed by atoms with van der Waals surface area (Å²) in [6, 6.07) is 0. The number of aliphatic imine (C=N–C) groups is 1. The van der Waals surface area contributed by atoms with Crippen molar-refractivity contribution in [2.45, 2.75) is 20.1 Å². The van der Waals surface area contributed by atoms with Crippen molar-refractivity contribution in [1.29, 1.82) is 0 Å². The van der Waals surface area contributed by atoms with Gasteiger partial charge in [-0.05, 0) is 26.0 Å². The van der Waals surface area contributed by atoms with Crippen molar-refractivity contribution in [3.63, 3.8) is 0 Å². The molecule has 3 nitrogen and oxygen atoms in total. The van der Waals surface area contributed by atoms with Gasteiger partial charge in [0.05, 0.1) is 0 Å². The monoisotopic (exact) mass is 164 g/mol. The number of likely N-dealkylation sites (N-methyl/N-ethyl adjacent to an activating group) is 1. The summed E-state index contributed by atoms with van der Waals surface area (Å²) in [6.45, 7) is 4.97. The van der Waals surface area contributed by atoms with Gasteiger partial charge < -0.3 is 9.64 Å². The zero-order valence-electron chi connectivity index (χ0n) is 7.32. The predicted octanol–water partition coefficient (Wildman–Crippen LogP) is 1.49. The Morgan fingerprint density at radius 2 is 2.50 bits per heavy atom. The highest BCUT2D eigenvalue weighted by atomic mass is 16.5. The Balaban J connectivity index is 2.30. The van der Waals surface area contributed by atoms with Crippen molar-refractivity contribution in [2.75, 3.05) is 6.54 Å². The molecule has 2 aliphatic rings. The normalized spacial score (nSPS) is 26.2. The topological polar surface area (TPSA) is 24.8 Å². The number of hydrogen-bond acceptors (Lipinski definition) is 3. The number of rotatable bonds is 1. The fourth-order valence-electron chi connectivity index (χ4n) is 1.39. The Bertz CT molecular complexity index is 278. The minimum atomic E-state index is -0.0276. The summed E-state index contributed by atoms with van der Waals surface area (Å²) in [5, 5.41) is 0. The molecule has 1 unspecified atom stereocenters. The minimum Gasteiger partial charge on any atom is -0.465 e. The second-order valence-electron chi connectivity index (χ2n) is 2.83. The van der Waals surface area contributed by atoms with E-state index in [4.69, 9.17) is 4.74 Å². The van der Waals surface area contributed by atoms with Crippen LogP contribution in [0.2, 0.25) is 0 Å². The molecule has 3 heteroatoms. The molecule has 64 valence electrons. The van der Waals surface area contributed by atoms with E-state index in [0.717, 1.165) is 18.1 Å². The van der Waals surface area contributed by atoms with Crippen LogP contribution < -0.4 is 0 Å².